The second-order valence-electron chi connectivity index (χ2n) is 3.28. The van der Waals surface area contributed by atoms with Gasteiger partial charge < -0.3 is 9.84 Å². The molecule has 1 heterocycles. The zero-order valence-electron chi connectivity index (χ0n) is 7.73. The van der Waals surface area contributed by atoms with E-state index < -0.39 is 0 Å². The monoisotopic (exact) mass is 189 g/mol. The van der Waals surface area contributed by atoms with Gasteiger partial charge in [-0.05, 0) is 23.6 Å². The lowest BCUT2D eigenvalue weighted by Crippen LogP contribution is -2.19. The van der Waals surface area contributed by atoms with Crippen molar-refractivity contribution in [3.8, 4) is 6.07 Å². The van der Waals surface area contributed by atoms with Crippen LogP contribution in [0.3, 0.4) is 0 Å². The molecule has 0 spiro atoms. The van der Waals surface area contributed by atoms with Crippen molar-refractivity contribution in [2.24, 2.45) is 0 Å². The van der Waals surface area contributed by atoms with E-state index in [1.54, 1.807) is 6.07 Å². The second kappa shape index (κ2) is 3.79. The third-order valence-corrected chi connectivity index (χ3v) is 2.52. The normalized spacial score (nSPS) is 19.9. The van der Waals surface area contributed by atoms with Gasteiger partial charge in [0.25, 0.3) is 0 Å². The van der Waals surface area contributed by atoms with Crippen LogP contribution in [0.15, 0.2) is 18.2 Å². The highest BCUT2D eigenvalue weighted by Gasteiger charge is 2.21. The van der Waals surface area contributed by atoms with E-state index in [1.165, 1.54) is 0 Å². The summed E-state index contributed by atoms with van der Waals surface area (Å²) in [5.74, 6) is 0. The van der Waals surface area contributed by atoms with E-state index in [4.69, 9.17) is 15.1 Å². The smallest absolute Gasteiger partial charge is 0.106 e. The van der Waals surface area contributed by atoms with Crippen LogP contribution in [0.2, 0.25) is 0 Å². The summed E-state index contributed by atoms with van der Waals surface area (Å²) < 4.78 is 5.39. The molecule has 1 aromatic carbocycles. The Hall–Kier alpha value is -1.37. The highest BCUT2D eigenvalue weighted by molar-refractivity contribution is 5.44. The van der Waals surface area contributed by atoms with Crippen molar-refractivity contribution in [1.82, 2.24) is 0 Å². The van der Waals surface area contributed by atoms with E-state index in [0.29, 0.717) is 12.2 Å². The molecule has 72 valence electrons. The molecule has 0 fully saturated rings. The Balaban J connectivity index is 2.50. The Morgan fingerprint density at radius 3 is 3.14 bits per heavy atom. The predicted octanol–water partition coefficient (Wildman–Crippen LogP) is 1.16. The molecule has 0 radical (unpaired) electrons. The maximum Gasteiger partial charge on any atom is 0.106 e. The number of nitrogens with zero attached hydrogens (tertiary/aromatic N) is 1. The summed E-state index contributed by atoms with van der Waals surface area (Å²) in [5, 5.41) is 18.0. The lowest BCUT2D eigenvalue weighted by atomic mass is 9.94. The van der Waals surface area contributed by atoms with Gasteiger partial charge >= 0.3 is 0 Å². The molecule has 0 saturated heterocycles. The molecule has 0 aliphatic carbocycles. The topological polar surface area (TPSA) is 53.2 Å². The van der Waals surface area contributed by atoms with Gasteiger partial charge in [0, 0.05) is 0 Å². The average molecular weight is 189 g/mol. The van der Waals surface area contributed by atoms with Gasteiger partial charge in [-0.3, -0.25) is 0 Å². The summed E-state index contributed by atoms with van der Waals surface area (Å²) in [7, 11) is 0. The van der Waals surface area contributed by atoms with Crippen molar-refractivity contribution in [3.63, 3.8) is 0 Å². The zero-order chi connectivity index (χ0) is 9.97. The Bertz CT molecular complexity index is 381. The molecule has 1 unspecified atom stereocenters. The van der Waals surface area contributed by atoms with Gasteiger partial charge in [0.05, 0.1) is 24.8 Å². The summed E-state index contributed by atoms with van der Waals surface area (Å²) in [5.41, 5.74) is 2.68. The van der Waals surface area contributed by atoms with Crippen molar-refractivity contribution in [3.05, 3.63) is 34.9 Å². The molecule has 3 nitrogen and oxygen atoms in total. The third-order valence-electron chi connectivity index (χ3n) is 2.52. The van der Waals surface area contributed by atoms with Crippen molar-refractivity contribution in [1.29, 1.82) is 5.26 Å². The Morgan fingerprint density at radius 1 is 1.57 bits per heavy atom. The molecule has 1 aliphatic heterocycles. The molecule has 14 heavy (non-hydrogen) atoms. The molecule has 0 amide bonds. The van der Waals surface area contributed by atoms with Gasteiger partial charge in [-0.2, -0.15) is 5.26 Å². The molecular formula is C11H11NO2. The van der Waals surface area contributed by atoms with Gasteiger partial charge in [0.15, 0.2) is 0 Å². The molecule has 0 bridgehead atoms. The van der Waals surface area contributed by atoms with E-state index >= 15 is 0 Å². The molecule has 0 saturated carbocycles. The van der Waals surface area contributed by atoms with E-state index in [1.807, 2.05) is 12.1 Å². The summed E-state index contributed by atoms with van der Waals surface area (Å²) in [6.45, 7) is 0.554. The minimum atomic E-state index is -0.257. The predicted molar refractivity (Wildman–Crippen MR) is 50.6 cm³/mol. The van der Waals surface area contributed by atoms with Crippen LogP contribution in [0.25, 0.3) is 0 Å². The van der Waals surface area contributed by atoms with Crippen LogP contribution >= 0.6 is 0 Å². The number of aliphatic hydroxyl groups excluding tert-OH is 1. The van der Waals surface area contributed by atoms with Crippen LogP contribution in [0.1, 0.15) is 22.8 Å². The first kappa shape index (κ1) is 9.20. The van der Waals surface area contributed by atoms with Gasteiger partial charge in [-0.1, -0.05) is 12.1 Å². The maximum atomic E-state index is 9.09. The number of aliphatic hydroxyl groups is 1. The molecule has 1 atom stereocenters. The number of hydrogen-bond donors (Lipinski definition) is 1. The number of hydrogen-bond acceptors (Lipinski definition) is 3. The SMILES string of the molecule is N#Cc1cccc2c1CCOC2CO. The average Bonchev–Trinajstić information content (AvgIpc) is 2.27. The zero-order valence-corrected chi connectivity index (χ0v) is 7.73. The third kappa shape index (κ3) is 1.39. The molecule has 1 aromatic rings. The largest absolute Gasteiger partial charge is 0.393 e. The first-order valence-electron chi connectivity index (χ1n) is 4.61. The Labute approximate surface area is 82.6 Å². The quantitative estimate of drug-likeness (QED) is 0.721. The maximum absolute atomic E-state index is 9.09. The van der Waals surface area contributed by atoms with Gasteiger partial charge in [-0.15, -0.1) is 0 Å². The van der Waals surface area contributed by atoms with Crippen LogP contribution in [0.5, 0.6) is 0 Å². The van der Waals surface area contributed by atoms with Crippen LogP contribution in [-0.2, 0) is 11.2 Å². The minimum absolute atomic E-state index is 0.0259. The molecule has 2 rings (SSSR count). The first-order valence-corrected chi connectivity index (χ1v) is 4.61. The van der Waals surface area contributed by atoms with E-state index in [-0.39, 0.29) is 12.7 Å². The van der Waals surface area contributed by atoms with E-state index in [9.17, 15) is 0 Å². The number of nitriles is 1. The van der Waals surface area contributed by atoms with Crippen molar-refractivity contribution >= 4 is 0 Å². The molecular weight excluding hydrogens is 178 g/mol. The van der Waals surface area contributed by atoms with Gasteiger partial charge in [0.1, 0.15) is 6.10 Å². The molecule has 0 aromatic heterocycles. The summed E-state index contributed by atoms with van der Waals surface area (Å²) >= 11 is 0. The molecule has 3 heteroatoms. The molecule has 1 aliphatic rings. The van der Waals surface area contributed by atoms with E-state index in [0.717, 1.165) is 17.5 Å². The van der Waals surface area contributed by atoms with Crippen LogP contribution in [0, 0.1) is 11.3 Å². The number of benzene rings is 1. The number of ether oxygens (including phenoxy) is 1. The fourth-order valence-corrected chi connectivity index (χ4v) is 1.83. The lowest BCUT2D eigenvalue weighted by molar-refractivity contribution is 0.00312. The van der Waals surface area contributed by atoms with Gasteiger partial charge in [0.2, 0.25) is 0 Å². The van der Waals surface area contributed by atoms with E-state index in [2.05, 4.69) is 6.07 Å². The summed E-state index contributed by atoms with van der Waals surface area (Å²) in [6, 6.07) is 7.71. The fraction of sp³-hybridized carbons (Fsp3) is 0.364. The minimum Gasteiger partial charge on any atom is -0.393 e. The first-order chi connectivity index (χ1) is 6.86. The van der Waals surface area contributed by atoms with Crippen LogP contribution in [0.4, 0.5) is 0 Å². The molecule has 1 N–H and O–H groups in total. The number of rotatable bonds is 1. The number of fused-ring (bicyclic) bond motifs is 1. The lowest BCUT2D eigenvalue weighted by Gasteiger charge is -2.25. The van der Waals surface area contributed by atoms with Crippen molar-refractivity contribution in [2.45, 2.75) is 12.5 Å². The highest BCUT2D eigenvalue weighted by atomic mass is 16.5. The van der Waals surface area contributed by atoms with Crippen LogP contribution < -0.4 is 0 Å². The van der Waals surface area contributed by atoms with Crippen molar-refractivity contribution in [2.75, 3.05) is 13.2 Å². The fourth-order valence-electron chi connectivity index (χ4n) is 1.83. The van der Waals surface area contributed by atoms with Gasteiger partial charge in [-0.25, -0.2) is 0 Å². The van der Waals surface area contributed by atoms with Crippen LogP contribution in [-0.4, -0.2) is 18.3 Å². The Morgan fingerprint density at radius 2 is 2.43 bits per heavy atom. The highest BCUT2D eigenvalue weighted by Crippen LogP contribution is 2.28. The Kier molecular flexibility index (Phi) is 2.49. The summed E-state index contributed by atoms with van der Waals surface area (Å²) in [4.78, 5) is 0. The second-order valence-corrected chi connectivity index (χ2v) is 3.28. The standard InChI is InChI=1S/C11H11NO2/c12-6-8-2-1-3-10-9(8)4-5-14-11(10)7-13/h1-3,11,13H,4-5,7H2. The van der Waals surface area contributed by atoms with Crippen molar-refractivity contribution < 1.29 is 9.84 Å². The summed E-state index contributed by atoms with van der Waals surface area (Å²) in [6.07, 6.45) is 0.502.